The summed E-state index contributed by atoms with van der Waals surface area (Å²) in [4.78, 5) is 20.8. The van der Waals surface area contributed by atoms with Gasteiger partial charge in [0, 0.05) is 6.54 Å². The minimum Gasteiger partial charge on any atom is -0.435 e. The highest BCUT2D eigenvalue weighted by Crippen LogP contribution is 1.83. The summed E-state index contributed by atoms with van der Waals surface area (Å²) >= 11 is 5.04. The van der Waals surface area contributed by atoms with Gasteiger partial charge in [0.15, 0.2) is 0 Å². The van der Waals surface area contributed by atoms with Crippen LogP contribution in [0.1, 0.15) is 6.92 Å². The fourth-order valence-corrected chi connectivity index (χ4v) is 0.647. The molecule has 0 fully saturated rings. The van der Waals surface area contributed by atoms with Crippen LogP contribution in [0.15, 0.2) is 0 Å². The summed E-state index contributed by atoms with van der Waals surface area (Å²) in [5.74, 6) is 0. The van der Waals surface area contributed by atoms with Crippen LogP contribution in [0.5, 0.6) is 0 Å². The van der Waals surface area contributed by atoms with Gasteiger partial charge in [-0.1, -0.05) is 0 Å². The van der Waals surface area contributed by atoms with Crippen molar-refractivity contribution in [1.82, 2.24) is 5.32 Å². The van der Waals surface area contributed by atoms with E-state index in [0.717, 1.165) is 0 Å². The smallest absolute Gasteiger partial charge is 0.435 e. The van der Waals surface area contributed by atoms with Gasteiger partial charge in [0.2, 0.25) is 5.24 Å². The monoisotopic (exact) mass is 209 g/mol. The van der Waals surface area contributed by atoms with Gasteiger partial charge < -0.3 is 14.8 Å². The molecule has 0 amide bonds. The molecule has 0 atom stereocenters. The molecule has 0 aromatic heterocycles. The van der Waals surface area contributed by atoms with E-state index in [1.165, 1.54) is 0 Å². The van der Waals surface area contributed by atoms with E-state index in [2.05, 4.69) is 14.8 Å². The molecule has 0 aliphatic carbocycles. The molecule has 0 heterocycles. The van der Waals surface area contributed by atoms with Gasteiger partial charge in [-0.15, -0.1) is 0 Å². The third-order valence-electron chi connectivity index (χ3n) is 1.02. The molecular weight excluding hydrogens is 198 g/mol. The normalized spacial score (nSPS) is 9.38. The Morgan fingerprint density at radius 1 is 1.38 bits per heavy atom. The van der Waals surface area contributed by atoms with E-state index in [1.54, 1.807) is 6.92 Å². The van der Waals surface area contributed by atoms with Gasteiger partial charge in [-0.05, 0) is 18.5 Å². The topological polar surface area (TPSA) is 64.6 Å². The summed E-state index contributed by atoms with van der Waals surface area (Å²) in [5.41, 5.74) is 0. The first-order valence-electron chi connectivity index (χ1n) is 3.85. The third kappa shape index (κ3) is 9.10. The van der Waals surface area contributed by atoms with Crippen molar-refractivity contribution in [3.05, 3.63) is 0 Å². The van der Waals surface area contributed by atoms with Crippen LogP contribution in [0.3, 0.4) is 0 Å². The molecule has 0 spiro atoms. The summed E-state index contributed by atoms with van der Waals surface area (Å²) in [7, 11) is 0. The predicted molar refractivity (Wildman–Crippen MR) is 46.7 cm³/mol. The van der Waals surface area contributed by atoms with Crippen molar-refractivity contribution in [3.63, 3.8) is 0 Å². The van der Waals surface area contributed by atoms with Gasteiger partial charge in [0.25, 0.3) is 0 Å². The zero-order chi connectivity index (χ0) is 10.1. The largest absolute Gasteiger partial charge is 0.508 e. The van der Waals surface area contributed by atoms with E-state index in [-0.39, 0.29) is 19.8 Å². The number of carbonyl (C=O) groups excluding carboxylic acids is 2. The molecule has 0 aromatic carbocycles. The maximum Gasteiger partial charge on any atom is 0.508 e. The molecular formula is C7H12ClNO4. The summed E-state index contributed by atoms with van der Waals surface area (Å²) in [5, 5.41) is 2.19. The number of carbonyl (C=O) groups is 2. The fourth-order valence-electron chi connectivity index (χ4n) is 0.553. The van der Waals surface area contributed by atoms with Crippen LogP contribution in [0, 0.1) is 0 Å². The van der Waals surface area contributed by atoms with Crippen LogP contribution in [0.25, 0.3) is 0 Å². The number of nitrogens with one attached hydrogen (secondary N) is 1. The average Bonchev–Trinajstić information content (AvgIpc) is 2.03. The van der Waals surface area contributed by atoms with Crippen molar-refractivity contribution in [2.75, 3.05) is 26.3 Å². The lowest BCUT2D eigenvalue weighted by molar-refractivity contribution is -0.110. The number of hydrogen-bond acceptors (Lipinski definition) is 5. The number of hydrogen-bond donors (Lipinski definition) is 1. The molecule has 6 heteroatoms. The van der Waals surface area contributed by atoms with Crippen molar-refractivity contribution in [3.8, 4) is 0 Å². The summed E-state index contributed by atoms with van der Waals surface area (Å²) < 4.78 is 9.07. The van der Waals surface area contributed by atoms with Gasteiger partial charge >= 0.3 is 6.16 Å². The number of ether oxygens (including phenoxy) is 2. The number of rotatable bonds is 6. The van der Waals surface area contributed by atoms with Crippen LogP contribution >= 0.6 is 11.6 Å². The predicted octanol–water partition coefficient (Wildman–Crippen LogP) is 0.514. The second kappa shape index (κ2) is 7.82. The highest BCUT2D eigenvalue weighted by Gasteiger charge is 2.00. The second-order valence-corrected chi connectivity index (χ2v) is 2.48. The van der Waals surface area contributed by atoms with Gasteiger partial charge in [-0.25, -0.2) is 4.79 Å². The van der Waals surface area contributed by atoms with Crippen LogP contribution in [0.2, 0.25) is 0 Å². The molecule has 5 nitrogen and oxygen atoms in total. The van der Waals surface area contributed by atoms with Crippen molar-refractivity contribution >= 4 is 23.0 Å². The van der Waals surface area contributed by atoms with Crippen molar-refractivity contribution in [2.24, 2.45) is 0 Å². The van der Waals surface area contributed by atoms with E-state index >= 15 is 0 Å². The Morgan fingerprint density at radius 3 is 2.62 bits per heavy atom. The first-order chi connectivity index (χ1) is 6.16. The minimum absolute atomic E-state index is 0.0632. The van der Waals surface area contributed by atoms with Crippen molar-refractivity contribution in [1.29, 1.82) is 0 Å². The van der Waals surface area contributed by atoms with E-state index in [1.807, 2.05) is 0 Å². The van der Waals surface area contributed by atoms with Gasteiger partial charge in [0.05, 0.1) is 13.2 Å². The van der Waals surface area contributed by atoms with E-state index in [0.29, 0.717) is 6.54 Å². The molecule has 0 saturated heterocycles. The minimum atomic E-state index is -0.707. The van der Waals surface area contributed by atoms with E-state index < -0.39 is 11.4 Å². The molecule has 0 radical (unpaired) electrons. The molecule has 0 bridgehead atoms. The Labute approximate surface area is 81.3 Å². The standard InChI is InChI=1S/C7H12ClNO4/c1-2-12-7(11)13-4-3-9-5-6(8)10/h9H,2-5H2,1H3. The van der Waals surface area contributed by atoms with E-state index in [9.17, 15) is 9.59 Å². The molecule has 13 heavy (non-hydrogen) atoms. The molecule has 0 unspecified atom stereocenters. The zero-order valence-corrected chi connectivity index (χ0v) is 8.10. The molecule has 0 aliphatic heterocycles. The molecule has 0 aliphatic rings. The van der Waals surface area contributed by atoms with E-state index in [4.69, 9.17) is 11.6 Å². The average molecular weight is 210 g/mol. The van der Waals surface area contributed by atoms with Crippen LogP contribution in [-0.4, -0.2) is 37.7 Å². The highest BCUT2D eigenvalue weighted by molar-refractivity contribution is 6.64. The summed E-state index contributed by atoms with van der Waals surface area (Å²) in [6, 6.07) is 0. The highest BCUT2D eigenvalue weighted by atomic mass is 35.5. The zero-order valence-electron chi connectivity index (χ0n) is 7.34. The summed E-state index contributed by atoms with van der Waals surface area (Å²) in [6.07, 6.45) is -0.707. The summed E-state index contributed by atoms with van der Waals surface area (Å²) in [6.45, 7) is 2.56. The van der Waals surface area contributed by atoms with Gasteiger partial charge in [-0.3, -0.25) is 4.79 Å². The van der Waals surface area contributed by atoms with Crippen LogP contribution in [0.4, 0.5) is 4.79 Å². The molecule has 1 N–H and O–H groups in total. The first kappa shape index (κ1) is 12.2. The second-order valence-electron chi connectivity index (χ2n) is 2.06. The molecule has 76 valence electrons. The van der Waals surface area contributed by atoms with Crippen LogP contribution in [-0.2, 0) is 14.3 Å². The maximum atomic E-state index is 10.6. The number of halogens is 1. The fraction of sp³-hybridized carbons (Fsp3) is 0.714. The lowest BCUT2D eigenvalue weighted by atomic mass is 10.6. The Kier molecular flexibility index (Phi) is 7.33. The Hall–Kier alpha value is -0.810. The molecule has 0 rings (SSSR count). The molecule has 0 aromatic rings. The maximum absolute atomic E-state index is 10.6. The van der Waals surface area contributed by atoms with Crippen molar-refractivity contribution in [2.45, 2.75) is 6.92 Å². The third-order valence-corrected chi connectivity index (χ3v) is 1.16. The Balaban J connectivity index is 3.16. The Morgan fingerprint density at radius 2 is 2.08 bits per heavy atom. The Bertz CT molecular complexity index is 174. The van der Waals surface area contributed by atoms with Gasteiger partial charge in [0.1, 0.15) is 6.61 Å². The lowest BCUT2D eigenvalue weighted by Crippen LogP contribution is -2.25. The van der Waals surface area contributed by atoms with Gasteiger partial charge in [-0.2, -0.15) is 0 Å². The van der Waals surface area contributed by atoms with Crippen LogP contribution < -0.4 is 5.32 Å². The SMILES string of the molecule is CCOC(=O)OCCNCC(=O)Cl. The quantitative estimate of drug-likeness (QED) is 0.392. The first-order valence-corrected chi connectivity index (χ1v) is 4.23. The molecule has 0 saturated carbocycles. The lowest BCUT2D eigenvalue weighted by Gasteiger charge is -2.04. The van der Waals surface area contributed by atoms with Crippen molar-refractivity contribution < 1.29 is 19.1 Å².